The third-order valence-corrected chi connectivity index (χ3v) is 10.3. The van der Waals surface area contributed by atoms with Gasteiger partial charge in [0.25, 0.3) is 11.8 Å². The molecule has 5 amide bonds. The SMILES string of the molecule is CC(C)(C)OC(=O)N1CCC(COC2CCN(CC3CCN(c4ccc5c(c4)C(=O)N(C4CCC(=O)NC4=O)C5=O)CC3)CC2)CC1. The van der Waals surface area contributed by atoms with Gasteiger partial charge in [-0.1, -0.05) is 0 Å². The second kappa shape index (κ2) is 13.9. The van der Waals surface area contributed by atoms with Gasteiger partial charge in [0, 0.05) is 64.5 Å². The number of imide groups is 2. The summed E-state index contributed by atoms with van der Waals surface area (Å²) in [5.41, 5.74) is 1.09. The molecule has 256 valence electrons. The number of amides is 5. The number of ether oxygens (including phenoxy) is 2. The third-order valence-electron chi connectivity index (χ3n) is 10.3. The fourth-order valence-electron chi connectivity index (χ4n) is 7.53. The summed E-state index contributed by atoms with van der Waals surface area (Å²) >= 11 is 0. The first-order chi connectivity index (χ1) is 22.4. The molecule has 4 saturated heterocycles. The van der Waals surface area contributed by atoms with Crippen molar-refractivity contribution in [3.63, 3.8) is 0 Å². The number of nitrogens with one attached hydrogen (secondary N) is 1. The zero-order chi connectivity index (χ0) is 33.3. The van der Waals surface area contributed by atoms with Gasteiger partial charge < -0.3 is 24.2 Å². The molecule has 4 fully saturated rings. The largest absolute Gasteiger partial charge is 0.444 e. The summed E-state index contributed by atoms with van der Waals surface area (Å²) in [6, 6.07) is 4.43. The van der Waals surface area contributed by atoms with Crippen molar-refractivity contribution < 1.29 is 33.4 Å². The molecule has 0 spiro atoms. The van der Waals surface area contributed by atoms with Crippen molar-refractivity contribution in [1.29, 1.82) is 0 Å². The minimum absolute atomic E-state index is 0.106. The van der Waals surface area contributed by atoms with Gasteiger partial charge in [-0.05, 0) is 95.8 Å². The summed E-state index contributed by atoms with van der Waals surface area (Å²) in [7, 11) is 0. The van der Waals surface area contributed by atoms with Crippen LogP contribution in [0.1, 0.15) is 92.9 Å². The van der Waals surface area contributed by atoms with Crippen LogP contribution in [-0.4, -0.2) is 115 Å². The minimum Gasteiger partial charge on any atom is -0.444 e. The number of nitrogens with zero attached hydrogens (tertiary/aromatic N) is 4. The van der Waals surface area contributed by atoms with Gasteiger partial charge in [-0.2, -0.15) is 0 Å². The number of likely N-dealkylation sites (tertiary alicyclic amines) is 2. The fraction of sp³-hybridized carbons (Fsp3) is 0.686. The molecular weight excluding hydrogens is 602 g/mol. The lowest BCUT2D eigenvalue weighted by Gasteiger charge is -2.39. The van der Waals surface area contributed by atoms with Crippen LogP contribution in [0.3, 0.4) is 0 Å². The lowest BCUT2D eigenvalue weighted by Crippen LogP contribution is -2.54. The van der Waals surface area contributed by atoms with Crippen molar-refractivity contribution in [2.45, 2.75) is 89.9 Å². The van der Waals surface area contributed by atoms with Gasteiger partial charge in [-0.25, -0.2) is 4.79 Å². The van der Waals surface area contributed by atoms with Gasteiger partial charge in [0.2, 0.25) is 11.8 Å². The zero-order valence-corrected chi connectivity index (χ0v) is 28.0. The summed E-state index contributed by atoms with van der Waals surface area (Å²) < 4.78 is 11.9. The first-order valence-corrected chi connectivity index (χ1v) is 17.4. The van der Waals surface area contributed by atoms with Crippen LogP contribution < -0.4 is 10.2 Å². The van der Waals surface area contributed by atoms with Crippen LogP contribution in [0.15, 0.2) is 18.2 Å². The quantitative estimate of drug-likeness (QED) is 0.441. The predicted octanol–water partition coefficient (Wildman–Crippen LogP) is 3.43. The van der Waals surface area contributed by atoms with Crippen molar-refractivity contribution in [3.8, 4) is 0 Å². The Morgan fingerprint density at radius 3 is 2.15 bits per heavy atom. The number of carbonyl (C=O) groups is 5. The molecule has 1 N–H and O–H groups in total. The summed E-state index contributed by atoms with van der Waals surface area (Å²) in [5, 5.41) is 2.24. The van der Waals surface area contributed by atoms with Crippen LogP contribution in [0, 0.1) is 11.8 Å². The monoisotopic (exact) mass is 651 g/mol. The number of hydrogen-bond donors (Lipinski definition) is 1. The first-order valence-electron chi connectivity index (χ1n) is 17.4. The topological polar surface area (TPSA) is 129 Å². The van der Waals surface area contributed by atoms with Crippen LogP contribution in [-0.2, 0) is 19.1 Å². The van der Waals surface area contributed by atoms with Crippen molar-refractivity contribution in [2.75, 3.05) is 57.3 Å². The molecule has 0 aliphatic carbocycles. The number of piperidine rings is 4. The molecule has 1 atom stereocenters. The maximum Gasteiger partial charge on any atom is 0.410 e. The maximum absolute atomic E-state index is 13.2. The molecule has 1 aromatic rings. The smallest absolute Gasteiger partial charge is 0.410 e. The zero-order valence-electron chi connectivity index (χ0n) is 28.0. The fourth-order valence-corrected chi connectivity index (χ4v) is 7.53. The molecule has 0 radical (unpaired) electrons. The lowest BCUT2D eigenvalue weighted by molar-refractivity contribution is -0.136. The maximum atomic E-state index is 13.2. The van der Waals surface area contributed by atoms with E-state index in [4.69, 9.17) is 9.47 Å². The number of anilines is 1. The molecule has 5 heterocycles. The van der Waals surface area contributed by atoms with Crippen LogP contribution >= 0.6 is 0 Å². The van der Waals surface area contributed by atoms with Crippen LogP contribution in [0.4, 0.5) is 10.5 Å². The highest BCUT2D eigenvalue weighted by Crippen LogP contribution is 2.33. The van der Waals surface area contributed by atoms with Gasteiger partial charge >= 0.3 is 6.09 Å². The Bertz CT molecular complexity index is 1370. The van der Waals surface area contributed by atoms with Gasteiger partial charge in [0.1, 0.15) is 11.6 Å². The number of rotatable bonds is 7. The Kier molecular flexibility index (Phi) is 9.89. The minimum atomic E-state index is -0.952. The Balaban J connectivity index is 0.902. The first kappa shape index (κ1) is 33.4. The van der Waals surface area contributed by atoms with Crippen LogP contribution in [0.25, 0.3) is 0 Å². The van der Waals surface area contributed by atoms with Crippen molar-refractivity contribution in [3.05, 3.63) is 29.3 Å². The Morgan fingerprint density at radius 2 is 1.49 bits per heavy atom. The van der Waals surface area contributed by atoms with Gasteiger partial charge in [0.15, 0.2) is 0 Å². The summed E-state index contributed by atoms with van der Waals surface area (Å²) in [5.74, 6) is -0.811. The highest BCUT2D eigenvalue weighted by molar-refractivity contribution is 6.23. The number of benzene rings is 1. The van der Waals surface area contributed by atoms with E-state index in [0.29, 0.717) is 29.1 Å². The lowest BCUT2D eigenvalue weighted by atomic mass is 9.94. The molecule has 5 aliphatic rings. The summed E-state index contributed by atoms with van der Waals surface area (Å²) in [4.78, 5) is 70.3. The number of carbonyl (C=O) groups excluding carboxylic acids is 5. The summed E-state index contributed by atoms with van der Waals surface area (Å²) in [6.07, 6.45) is 6.48. The molecule has 0 saturated carbocycles. The molecule has 6 rings (SSSR count). The third kappa shape index (κ3) is 7.80. The molecule has 0 aromatic heterocycles. The molecule has 1 unspecified atom stereocenters. The molecule has 0 bridgehead atoms. The predicted molar refractivity (Wildman–Crippen MR) is 174 cm³/mol. The molecular formula is C35H49N5O7. The molecule has 12 heteroatoms. The van der Waals surface area contributed by atoms with Crippen LogP contribution in [0.2, 0.25) is 0 Å². The molecule has 12 nitrogen and oxygen atoms in total. The Morgan fingerprint density at radius 1 is 0.830 bits per heavy atom. The molecule has 47 heavy (non-hydrogen) atoms. The van der Waals surface area contributed by atoms with Crippen molar-refractivity contribution in [1.82, 2.24) is 20.0 Å². The average molecular weight is 652 g/mol. The Hall–Kier alpha value is -3.51. The van der Waals surface area contributed by atoms with E-state index in [1.54, 1.807) is 12.1 Å². The van der Waals surface area contributed by atoms with Gasteiger partial charge in [0.05, 0.1) is 17.2 Å². The Labute approximate surface area is 277 Å². The second-order valence-electron chi connectivity index (χ2n) is 14.9. The van der Waals surface area contributed by atoms with E-state index in [1.165, 1.54) is 0 Å². The van der Waals surface area contributed by atoms with Crippen molar-refractivity contribution >= 4 is 35.4 Å². The normalized spacial score (nSPS) is 24.1. The van der Waals surface area contributed by atoms with E-state index in [-0.39, 0.29) is 24.8 Å². The second-order valence-corrected chi connectivity index (χ2v) is 14.9. The van der Waals surface area contributed by atoms with E-state index in [2.05, 4.69) is 15.1 Å². The van der Waals surface area contributed by atoms with Crippen molar-refractivity contribution in [2.24, 2.45) is 11.8 Å². The highest BCUT2D eigenvalue weighted by atomic mass is 16.6. The van der Waals surface area contributed by atoms with Gasteiger partial charge in [-0.3, -0.25) is 29.4 Å². The number of fused-ring (bicyclic) bond motifs is 1. The van der Waals surface area contributed by atoms with E-state index in [1.807, 2.05) is 31.7 Å². The summed E-state index contributed by atoms with van der Waals surface area (Å²) in [6.45, 7) is 12.9. The number of hydrogen-bond acceptors (Lipinski definition) is 9. The highest BCUT2D eigenvalue weighted by Gasteiger charge is 2.45. The van der Waals surface area contributed by atoms with E-state index >= 15 is 0 Å². The van der Waals surface area contributed by atoms with E-state index < -0.39 is 29.4 Å². The van der Waals surface area contributed by atoms with Gasteiger partial charge in [-0.15, -0.1) is 0 Å². The average Bonchev–Trinajstić information content (AvgIpc) is 3.29. The molecule has 1 aromatic carbocycles. The molecule has 5 aliphatic heterocycles. The standard InChI is InChI=1S/C35H49N5O7/c1-35(2,3)47-34(45)39-18-10-24(11-19-39)22-46-26-12-14-37(15-13-26)21-23-8-16-38(17-9-23)25-4-5-27-28(20-25)33(44)40(32(27)43)29-6-7-30(41)36-31(29)42/h4-5,20,23-24,26,29H,6-19,21-22H2,1-3H3,(H,36,41,42). The van der Waals surface area contributed by atoms with Crippen LogP contribution in [0.5, 0.6) is 0 Å². The van der Waals surface area contributed by atoms with E-state index in [9.17, 15) is 24.0 Å². The van der Waals surface area contributed by atoms with E-state index in [0.717, 1.165) is 102 Å².